The number of rotatable bonds is 5. The number of ether oxygens (including phenoxy) is 2. The lowest BCUT2D eigenvalue weighted by Crippen LogP contribution is -2.13. The van der Waals surface area contributed by atoms with Crippen molar-refractivity contribution >= 4 is 5.97 Å². The second-order valence-corrected chi connectivity index (χ2v) is 5.89. The summed E-state index contributed by atoms with van der Waals surface area (Å²) in [5.74, 6) is -1.03. The third kappa shape index (κ3) is 3.35. The predicted molar refractivity (Wildman–Crippen MR) is 88.2 cm³/mol. The molecule has 0 aliphatic heterocycles. The number of hydrogen-bond acceptors (Lipinski definition) is 3. The normalized spacial score (nSPS) is 14.6. The lowest BCUT2D eigenvalue weighted by molar-refractivity contribution is 0.0689. The van der Waals surface area contributed by atoms with Crippen molar-refractivity contribution in [3.8, 4) is 22.6 Å². The Balaban J connectivity index is 1.93. The minimum Gasteiger partial charge on any atom is -0.494 e. The highest BCUT2D eigenvalue weighted by atomic mass is 19.1. The van der Waals surface area contributed by atoms with Gasteiger partial charge in [-0.25, -0.2) is 9.18 Å². The molecule has 5 heteroatoms. The molecule has 0 aromatic heterocycles. The van der Waals surface area contributed by atoms with E-state index in [0.29, 0.717) is 16.9 Å². The summed E-state index contributed by atoms with van der Waals surface area (Å²) in [6, 6.07) is 9.47. The summed E-state index contributed by atoms with van der Waals surface area (Å²) >= 11 is 0. The lowest BCUT2D eigenvalue weighted by atomic mass is 10.0. The number of carboxylic acids is 1. The standard InChI is InChI=1S/C19H19FO4/c1-23-18-9-7-13(11-16(18)20)12-6-8-17(15(10-12)19(21)22)24-14-4-2-3-5-14/h6-11,14H,2-5H2,1H3,(H,21,22). The monoisotopic (exact) mass is 330 g/mol. The third-order valence-corrected chi connectivity index (χ3v) is 4.29. The van der Waals surface area contributed by atoms with Crippen molar-refractivity contribution in [2.24, 2.45) is 0 Å². The molecule has 1 aliphatic carbocycles. The number of aromatic carboxylic acids is 1. The molecular weight excluding hydrogens is 311 g/mol. The van der Waals surface area contributed by atoms with Gasteiger partial charge in [0, 0.05) is 0 Å². The second-order valence-electron chi connectivity index (χ2n) is 5.89. The van der Waals surface area contributed by atoms with Crippen molar-refractivity contribution in [2.75, 3.05) is 7.11 Å². The Hall–Kier alpha value is -2.56. The van der Waals surface area contributed by atoms with Gasteiger partial charge in [-0.2, -0.15) is 0 Å². The molecule has 1 saturated carbocycles. The minimum atomic E-state index is -1.06. The van der Waals surface area contributed by atoms with Gasteiger partial charge in [-0.1, -0.05) is 12.1 Å². The highest BCUT2D eigenvalue weighted by molar-refractivity contribution is 5.92. The average Bonchev–Trinajstić information content (AvgIpc) is 3.08. The van der Waals surface area contributed by atoms with Crippen LogP contribution in [0.5, 0.6) is 11.5 Å². The smallest absolute Gasteiger partial charge is 0.339 e. The average molecular weight is 330 g/mol. The van der Waals surface area contributed by atoms with Crippen LogP contribution in [0.15, 0.2) is 36.4 Å². The van der Waals surface area contributed by atoms with Crippen LogP contribution in [0.25, 0.3) is 11.1 Å². The Bertz CT molecular complexity index is 751. The zero-order chi connectivity index (χ0) is 17.1. The molecule has 0 bridgehead atoms. The van der Waals surface area contributed by atoms with Crippen molar-refractivity contribution in [1.29, 1.82) is 0 Å². The number of methoxy groups -OCH3 is 1. The van der Waals surface area contributed by atoms with E-state index in [0.717, 1.165) is 25.7 Å². The largest absolute Gasteiger partial charge is 0.494 e. The van der Waals surface area contributed by atoms with Crippen molar-refractivity contribution in [1.82, 2.24) is 0 Å². The first-order valence-corrected chi connectivity index (χ1v) is 7.96. The lowest BCUT2D eigenvalue weighted by Gasteiger charge is -2.16. The molecule has 0 unspecified atom stereocenters. The molecule has 0 atom stereocenters. The van der Waals surface area contributed by atoms with E-state index in [1.54, 1.807) is 18.2 Å². The van der Waals surface area contributed by atoms with E-state index in [2.05, 4.69) is 0 Å². The number of halogens is 1. The van der Waals surface area contributed by atoms with E-state index in [9.17, 15) is 14.3 Å². The zero-order valence-corrected chi connectivity index (χ0v) is 13.4. The summed E-state index contributed by atoms with van der Waals surface area (Å²) in [4.78, 5) is 11.6. The molecule has 1 aliphatic rings. The fourth-order valence-corrected chi connectivity index (χ4v) is 3.01. The van der Waals surface area contributed by atoms with E-state index in [1.165, 1.54) is 25.3 Å². The molecule has 0 amide bonds. The maximum Gasteiger partial charge on any atom is 0.339 e. The van der Waals surface area contributed by atoms with Crippen LogP contribution in [0.3, 0.4) is 0 Å². The molecule has 3 rings (SSSR count). The van der Waals surface area contributed by atoms with E-state index in [1.807, 2.05) is 0 Å². The summed E-state index contributed by atoms with van der Waals surface area (Å²) in [6.45, 7) is 0. The molecule has 24 heavy (non-hydrogen) atoms. The maximum atomic E-state index is 13.9. The third-order valence-electron chi connectivity index (χ3n) is 4.29. The van der Waals surface area contributed by atoms with Crippen LogP contribution in [0.1, 0.15) is 36.0 Å². The van der Waals surface area contributed by atoms with Crippen LogP contribution < -0.4 is 9.47 Å². The summed E-state index contributed by atoms with van der Waals surface area (Å²) < 4.78 is 24.6. The molecule has 1 N–H and O–H groups in total. The van der Waals surface area contributed by atoms with E-state index in [-0.39, 0.29) is 17.4 Å². The summed E-state index contributed by atoms with van der Waals surface area (Å²) in [6.07, 6.45) is 4.19. The van der Waals surface area contributed by atoms with Crippen molar-refractivity contribution < 1.29 is 23.8 Å². The van der Waals surface area contributed by atoms with Crippen LogP contribution in [0.2, 0.25) is 0 Å². The highest BCUT2D eigenvalue weighted by Gasteiger charge is 2.20. The van der Waals surface area contributed by atoms with Gasteiger partial charge in [-0.05, 0) is 61.1 Å². The molecule has 4 nitrogen and oxygen atoms in total. The van der Waals surface area contributed by atoms with Gasteiger partial charge in [-0.3, -0.25) is 0 Å². The van der Waals surface area contributed by atoms with Crippen molar-refractivity contribution in [3.63, 3.8) is 0 Å². The topological polar surface area (TPSA) is 55.8 Å². The first kappa shape index (κ1) is 16.3. The maximum absolute atomic E-state index is 13.9. The van der Waals surface area contributed by atoms with Gasteiger partial charge in [0.25, 0.3) is 0 Å². The Morgan fingerprint density at radius 1 is 1.08 bits per heavy atom. The Morgan fingerprint density at radius 3 is 2.29 bits per heavy atom. The molecular formula is C19H19FO4. The van der Waals surface area contributed by atoms with Crippen LogP contribution in [-0.4, -0.2) is 24.3 Å². The van der Waals surface area contributed by atoms with Gasteiger partial charge >= 0.3 is 5.97 Å². The summed E-state index contributed by atoms with van der Waals surface area (Å²) in [5, 5.41) is 9.47. The molecule has 2 aromatic carbocycles. The molecule has 0 heterocycles. The van der Waals surface area contributed by atoms with Gasteiger partial charge in [0.1, 0.15) is 11.3 Å². The summed E-state index contributed by atoms with van der Waals surface area (Å²) in [7, 11) is 1.40. The predicted octanol–water partition coefficient (Wildman–Crippen LogP) is 4.52. The second kappa shape index (κ2) is 6.91. The van der Waals surface area contributed by atoms with Crippen molar-refractivity contribution in [3.05, 3.63) is 47.8 Å². The fourth-order valence-electron chi connectivity index (χ4n) is 3.01. The molecule has 0 spiro atoms. The molecule has 2 aromatic rings. The van der Waals surface area contributed by atoms with Gasteiger partial charge in [0.2, 0.25) is 0 Å². The van der Waals surface area contributed by atoms with Gasteiger partial charge < -0.3 is 14.6 Å². The number of carbonyl (C=O) groups is 1. The van der Waals surface area contributed by atoms with Crippen LogP contribution >= 0.6 is 0 Å². The van der Waals surface area contributed by atoms with Crippen molar-refractivity contribution in [2.45, 2.75) is 31.8 Å². The first-order chi connectivity index (χ1) is 11.6. The van der Waals surface area contributed by atoms with Gasteiger partial charge in [0.15, 0.2) is 11.6 Å². The quantitative estimate of drug-likeness (QED) is 0.875. The minimum absolute atomic E-state index is 0.0763. The SMILES string of the molecule is COc1ccc(-c2ccc(OC3CCCC3)c(C(=O)O)c2)cc1F. The molecule has 126 valence electrons. The molecule has 1 fully saturated rings. The Kier molecular flexibility index (Phi) is 4.69. The van der Waals surface area contributed by atoms with Crippen LogP contribution in [-0.2, 0) is 0 Å². The van der Waals surface area contributed by atoms with Crippen LogP contribution in [0.4, 0.5) is 4.39 Å². The molecule has 0 radical (unpaired) electrons. The zero-order valence-electron chi connectivity index (χ0n) is 13.4. The highest BCUT2D eigenvalue weighted by Crippen LogP contribution is 2.32. The van der Waals surface area contributed by atoms with Gasteiger partial charge in [0.05, 0.1) is 13.2 Å². The first-order valence-electron chi connectivity index (χ1n) is 7.96. The van der Waals surface area contributed by atoms with Gasteiger partial charge in [-0.15, -0.1) is 0 Å². The summed E-state index contributed by atoms with van der Waals surface area (Å²) in [5.41, 5.74) is 1.30. The Morgan fingerprint density at radius 2 is 1.71 bits per heavy atom. The van der Waals surface area contributed by atoms with Crippen LogP contribution in [0, 0.1) is 5.82 Å². The number of hydrogen-bond donors (Lipinski definition) is 1. The molecule has 0 saturated heterocycles. The van der Waals surface area contributed by atoms with E-state index >= 15 is 0 Å². The Labute approximate surface area is 139 Å². The van der Waals surface area contributed by atoms with E-state index < -0.39 is 11.8 Å². The van der Waals surface area contributed by atoms with E-state index in [4.69, 9.17) is 9.47 Å². The number of benzene rings is 2. The fraction of sp³-hybridized carbons (Fsp3) is 0.316. The number of carboxylic acid groups (broad SMARTS) is 1.